The van der Waals surface area contributed by atoms with Crippen molar-refractivity contribution in [3.8, 4) is 17.2 Å². The quantitative estimate of drug-likeness (QED) is 0.432. The first-order chi connectivity index (χ1) is 13.4. The van der Waals surface area contributed by atoms with Gasteiger partial charge in [-0.2, -0.15) is 0 Å². The van der Waals surface area contributed by atoms with Gasteiger partial charge in [-0.05, 0) is 49.6 Å². The molecule has 5 rings (SSSR count). The van der Waals surface area contributed by atoms with Crippen LogP contribution >= 0.6 is 0 Å². The molecule has 3 aliphatic carbocycles. The van der Waals surface area contributed by atoms with Gasteiger partial charge in [0.05, 0.1) is 28.2 Å². The van der Waals surface area contributed by atoms with Gasteiger partial charge in [-0.25, -0.2) is 0 Å². The average Bonchev–Trinajstić information content (AvgIpc) is 2.60. The Morgan fingerprint density at radius 2 is 1.45 bits per heavy atom. The third kappa shape index (κ3) is 1.72. The molecule has 0 aromatic heterocycles. The lowest BCUT2D eigenvalue weighted by Gasteiger charge is -2.51. The number of carbonyl (C=O) groups excluding carboxylic acids is 2. The van der Waals surface area contributed by atoms with Crippen molar-refractivity contribution < 1.29 is 35.1 Å². The lowest BCUT2D eigenvalue weighted by molar-refractivity contribution is 0.0519. The number of phenols is 3. The normalized spacial score (nSPS) is 25.6. The van der Waals surface area contributed by atoms with E-state index in [0.29, 0.717) is 5.56 Å². The van der Waals surface area contributed by atoms with Gasteiger partial charge in [0.2, 0.25) is 5.78 Å². The monoisotopic (exact) mass is 394 g/mol. The second-order valence-electron chi connectivity index (χ2n) is 8.43. The van der Waals surface area contributed by atoms with Crippen LogP contribution in [0.3, 0.4) is 0 Å². The van der Waals surface area contributed by atoms with Crippen molar-refractivity contribution >= 4 is 11.6 Å². The highest BCUT2D eigenvalue weighted by molar-refractivity contribution is 6.21. The van der Waals surface area contributed by atoms with Gasteiger partial charge in [0.25, 0.3) is 0 Å². The van der Waals surface area contributed by atoms with E-state index in [4.69, 9.17) is 0 Å². The van der Waals surface area contributed by atoms with E-state index >= 15 is 0 Å². The summed E-state index contributed by atoms with van der Waals surface area (Å²) in [7, 11) is 0. The topological polar surface area (TPSA) is 135 Å². The van der Waals surface area contributed by atoms with Crippen molar-refractivity contribution in [1.29, 1.82) is 0 Å². The second-order valence-corrected chi connectivity index (χ2v) is 8.43. The van der Waals surface area contributed by atoms with E-state index in [2.05, 4.69) is 0 Å². The standard InChI is InChI=1S/C22H18O7/c1-7-4-8(23)14-17-13(7)11(26)6-12-21(2,3)20(28)16-10(25)5-9(24)15(19(14)27)18(16)22(12,17)29/h4-6,11,23-26,29H,1-3H3/t11-,22+/m0/s1. The maximum atomic E-state index is 13.3. The number of rotatable bonds is 0. The van der Waals surface area contributed by atoms with Crippen molar-refractivity contribution in [1.82, 2.24) is 0 Å². The summed E-state index contributed by atoms with van der Waals surface area (Å²) in [6, 6.07) is 2.22. The Morgan fingerprint density at radius 3 is 2.10 bits per heavy atom. The third-order valence-corrected chi connectivity index (χ3v) is 6.50. The zero-order chi connectivity index (χ0) is 21.2. The molecule has 2 aromatic carbocycles. The van der Waals surface area contributed by atoms with Crippen LogP contribution in [0.4, 0.5) is 0 Å². The van der Waals surface area contributed by atoms with Gasteiger partial charge in [0.15, 0.2) is 5.78 Å². The van der Waals surface area contributed by atoms with Crippen LogP contribution in [0.15, 0.2) is 23.8 Å². The molecule has 0 amide bonds. The number of Topliss-reactive ketones (excluding diaryl/α,β-unsaturated/α-hetero) is 1. The van der Waals surface area contributed by atoms with Crippen LogP contribution in [0.1, 0.15) is 68.5 Å². The molecule has 0 saturated carbocycles. The van der Waals surface area contributed by atoms with E-state index in [9.17, 15) is 35.1 Å². The maximum absolute atomic E-state index is 13.3. The van der Waals surface area contributed by atoms with Crippen molar-refractivity contribution in [3.63, 3.8) is 0 Å². The van der Waals surface area contributed by atoms with Crippen molar-refractivity contribution in [2.45, 2.75) is 32.5 Å². The zero-order valence-corrected chi connectivity index (χ0v) is 15.9. The van der Waals surface area contributed by atoms with Crippen LogP contribution in [0.2, 0.25) is 0 Å². The van der Waals surface area contributed by atoms with Gasteiger partial charge in [-0.3, -0.25) is 9.59 Å². The van der Waals surface area contributed by atoms with E-state index in [1.165, 1.54) is 12.1 Å². The fraction of sp³-hybridized carbons (Fsp3) is 0.273. The third-order valence-electron chi connectivity index (χ3n) is 6.50. The number of carbonyl (C=O) groups is 2. The fourth-order valence-corrected chi connectivity index (χ4v) is 5.25. The van der Waals surface area contributed by atoms with Gasteiger partial charge in [0.1, 0.15) is 22.8 Å². The van der Waals surface area contributed by atoms with Crippen LogP contribution in [0.25, 0.3) is 0 Å². The van der Waals surface area contributed by atoms with Crippen LogP contribution in [0, 0.1) is 12.3 Å². The molecular formula is C22H18O7. The zero-order valence-electron chi connectivity index (χ0n) is 15.9. The highest BCUT2D eigenvalue weighted by Crippen LogP contribution is 2.63. The summed E-state index contributed by atoms with van der Waals surface area (Å²) in [6.45, 7) is 4.73. The van der Waals surface area contributed by atoms with Gasteiger partial charge in [-0.15, -0.1) is 0 Å². The van der Waals surface area contributed by atoms with Gasteiger partial charge in [0, 0.05) is 17.2 Å². The van der Waals surface area contributed by atoms with E-state index < -0.39 is 45.9 Å². The van der Waals surface area contributed by atoms with E-state index in [1.54, 1.807) is 20.8 Å². The summed E-state index contributed by atoms with van der Waals surface area (Å²) in [6.07, 6.45) is 0.158. The minimum atomic E-state index is -2.08. The van der Waals surface area contributed by atoms with E-state index in [1.807, 2.05) is 0 Å². The lowest BCUT2D eigenvalue weighted by atomic mass is 9.53. The second kappa shape index (κ2) is 4.87. The summed E-state index contributed by atoms with van der Waals surface area (Å²) in [5.74, 6) is -2.90. The smallest absolute Gasteiger partial charge is 0.201 e. The number of aryl methyl sites for hydroxylation is 1. The SMILES string of the molecule is Cc1cc(O)c2c3c1[C@@H](O)C=C1C(C)(C)C(=O)c4c(O)cc(O)c(c4[C@@]13O)C2=O. The maximum Gasteiger partial charge on any atom is 0.201 e. The van der Waals surface area contributed by atoms with Crippen molar-refractivity contribution in [2.24, 2.45) is 5.41 Å². The minimum absolute atomic E-state index is 0.00988. The molecule has 0 spiro atoms. The molecule has 3 aliphatic rings. The summed E-state index contributed by atoms with van der Waals surface area (Å²) in [4.78, 5) is 26.5. The summed E-state index contributed by atoms with van der Waals surface area (Å²) >= 11 is 0. The Morgan fingerprint density at radius 1 is 0.897 bits per heavy atom. The fourth-order valence-electron chi connectivity index (χ4n) is 5.25. The number of benzene rings is 2. The number of hydrogen-bond donors (Lipinski definition) is 5. The first-order valence-electron chi connectivity index (χ1n) is 9.13. The Hall–Kier alpha value is -3.16. The number of hydrogen-bond acceptors (Lipinski definition) is 7. The molecule has 0 aliphatic heterocycles. The first-order valence-corrected chi connectivity index (χ1v) is 9.13. The van der Waals surface area contributed by atoms with Gasteiger partial charge >= 0.3 is 0 Å². The molecule has 2 atom stereocenters. The number of aromatic hydroxyl groups is 3. The van der Waals surface area contributed by atoms with Crippen molar-refractivity contribution in [3.05, 3.63) is 62.7 Å². The summed E-state index contributed by atoms with van der Waals surface area (Å²) in [5.41, 5.74) is -3.62. The predicted molar refractivity (Wildman–Crippen MR) is 100 cm³/mol. The lowest BCUT2D eigenvalue weighted by Crippen LogP contribution is -2.52. The molecule has 0 fully saturated rings. The number of ketones is 2. The van der Waals surface area contributed by atoms with Crippen LogP contribution in [-0.2, 0) is 5.60 Å². The number of phenolic OH excluding ortho intramolecular Hbond substituents is 3. The highest BCUT2D eigenvalue weighted by Gasteiger charge is 2.61. The molecule has 0 heterocycles. The predicted octanol–water partition coefficient (Wildman–Crippen LogP) is 2.09. The molecule has 0 bridgehead atoms. The molecule has 0 unspecified atom stereocenters. The molecule has 2 aromatic rings. The van der Waals surface area contributed by atoms with E-state index in [-0.39, 0.29) is 39.0 Å². The molecule has 5 N–H and O–H groups in total. The molecule has 0 saturated heterocycles. The van der Waals surface area contributed by atoms with Crippen LogP contribution in [0.5, 0.6) is 17.2 Å². The Kier molecular flexibility index (Phi) is 3.01. The summed E-state index contributed by atoms with van der Waals surface area (Å²) in [5, 5.41) is 54.4. The minimum Gasteiger partial charge on any atom is -0.507 e. The molecular weight excluding hydrogens is 376 g/mol. The molecule has 29 heavy (non-hydrogen) atoms. The number of aliphatic hydroxyl groups is 2. The molecule has 7 heteroatoms. The Labute approximate surface area is 165 Å². The largest absolute Gasteiger partial charge is 0.507 e. The average molecular weight is 394 g/mol. The Balaban J connectivity index is 2.11. The molecule has 0 radical (unpaired) electrons. The Bertz CT molecular complexity index is 1230. The highest BCUT2D eigenvalue weighted by atomic mass is 16.3. The van der Waals surface area contributed by atoms with Gasteiger partial charge < -0.3 is 25.5 Å². The summed E-state index contributed by atoms with van der Waals surface area (Å²) < 4.78 is 0. The van der Waals surface area contributed by atoms with Crippen LogP contribution in [-0.4, -0.2) is 37.1 Å². The number of aliphatic hydroxyl groups excluding tert-OH is 1. The molecule has 7 nitrogen and oxygen atoms in total. The van der Waals surface area contributed by atoms with E-state index in [0.717, 1.165) is 6.07 Å². The molecule has 148 valence electrons. The van der Waals surface area contributed by atoms with Crippen molar-refractivity contribution in [2.75, 3.05) is 0 Å². The first kappa shape index (κ1) is 17.9. The van der Waals surface area contributed by atoms with Gasteiger partial charge in [-0.1, -0.05) is 0 Å². The van der Waals surface area contributed by atoms with Crippen LogP contribution < -0.4 is 0 Å².